The summed E-state index contributed by atoms with van der Waals surface area (Å²) in [6, 6.07) is 11.0. The van der Waals surface area contributed by atoms with E-state index in [1.165, 1.54) is 0 Å². The van der Waals surface area contributed by atoms with E-state index in [1.807, 2.05) is 37.3 Å². The van der Waals surface area contributed by atoms with Gasteiger partial charge in [0.25, 0.3) is 5.56 Å². The Morgan fingerprint density at radius 2 is 1.94 bits per heavy atom. The Balaban J connectivity index is 1.70. The fraction of sp³-hybridized carbons (Fsp3) is 0.375. The Morgan fingerprint density at radius 1 is 1.12 bits per heavy atom. The standard InChI is InChI=1S/C24H29N5O3/c1-18-16-20(30)22(24(31)29(18)14-15-32-2)23(19-6-5-8-25-17-19)28-12-10-27(11-13-28)21-7-3-4-9-26-21/h3-9,16-17,23,30H,10-15H2,1-2H3/t23-/m1/s1. The number of ether oxygens (including phenoxy) is 1. The van der Waals surface area contributed by atoms with Crippen LogP contribution in [0.3, 0.4) is 0 Å². The molecule has 0 radical (unpaired) electrons. The molecular formula is C24H29N5O3. The highest BCUT2D eigenvalue weighted by molar-refractivity contribution is 5.42. The molecule has 4 heterocycles. The van der Waals surface area contributed by atoms with E-state index in [0.29, 0.717) is 24.4 Å². The molecule has 0 aliphatic carbocycles. The van der Waals surface area contributed by atoms with Crippen LogP contribution in [0.15, 0.2) is 59.8 Å². The quantitative estimate of drug-likeness (QED) is 0.609. The lowest BCUT2D eigenvalue weighted by Gasteiger charge is -2.40. The highest BCUT2D eigenvalue weighted by Gasteiger charge is 2.31. The number of anilines is 1. The van der Waals surface area contributed by atoms with Crippen LogP contribution in [0.5, 0.6) is 5.75 Å². The summed E-state index contributed by atoms with van der Waals surface area (Å²) in [5.41, 5.74) is 1.78. The van der Waals surface area contributed by atoms with Crippen LogP contribution in [0.1, 0.15) is 22.9 Å². The minimum atomic E-state index is -0.392. The van der Waals surface area contributed by atoms with Crippen LogP contribution in [0.25, 0.3) is 0 Å². The van der Waals surface area contributed by atoms with E-state index >= 15 is 0 Å². The Kier molecular flexibility index (Phi) is 6.82. The van der Waals surface area contributed by atoms with Crippen molar-refractivity contribution in [3.63, 3.8) is 0 Å². The van der Waals surface area contributed by atoms with Gasteiger partial charge in [0.15, 0.2) is 0 Å². The summed E-state index contributed by atoms with van der Waals surface area (Å²) in [6.07, 6.45) is 5.28. The number of aromatic nitrogens is 3. The molecule has 3 aromatic heterocycles. The maximum atomic E-state index is 13.5. The SMILES string of the molecule is COCCn1c(C)cc(O)c([C@@H](c2cccnc2)N2CCN(c3ccccn3)CC2)c1=O. The second-order valence-electron chi connectivity index (χ2n) is 7.93. The third kappa shape index (κ3) is 4.51. The van der Waals surface area contributed by atoms with Gasteiger partial charge in [-0.05, 0) is 36.8 Å². The molecule has 8 heteroatoms. The fourth-order valence-electron chi connectivity index (χ4n) is 4.33. The molecular weight excluding hydrogens is 406 g/mol. The average Bonchev–Trinajstić information content (AvgIpc) is 2.83. The summed E-state index contributed by atoms with van der Waals surface area (Å²) >= 11 is 0. The minimum Gasteiger partial charge on any atom is -0.507 e. The van der Waals surface area contributed by atoms with E-state index in [0.717, 1.165) is 37.6 Å². The molecule has 1 aliphatic heterocycles. The molecule has 1 N–H and O–H groups in total. The van der Waals surface area contributed by atoms with Gasteiger partial charge < -0.3 is 19.3 Å². The van der Waals surface area contributed by atoms with Crippen LogP contribution in [0.2, 0.25) is 0 Å². The number of pyridine rings is 3. The van der Waals surface area contributed by atoms with E-state index in [2.05, 4.69) is 19.8 Å². The van der Waals surface area contributed by atoms with Crippen molar-refractivity contribution >= 4 is 5.82 Å². The van der Waals surface area contributed by atoms with Gasteiger partial charge in [-0.3, -0.25) is 14.7 Å². The molecule has 3 aromatic rings. The highest BCUT2D eigenvalue weighted by Crippen LogP contribution is 2.33. The molecule has 4 rings (SSSR count). The third-order valence-electron chi connectivity index (χ3n) is 5.97. The number of piperazine rings is 1. The summed E-state index contributed by atoms with van der Waals surface area (Å²) < 4.78 is 6.86. The van der Waals surface area contributed by atoms with Crippen molar-refractivity contribution in [2.24, 2.45) is 0 Å². The van der Waals surface area contributed by atoms with Gasteiger partial charge in [-0.25, -0.2) is 4.98 Å². The van der Waals surface area contributed by atoms with E-state index in [1.54, 1.807) is 36.3 Å². The zero-order valence-electron chi connectivity index (χ0n) is 18.5. The van der Waals surface area contributed by atoms with Crippen molar-refractivity contribution in [2.45, 2.75) is 19.5 Å². The lowest BCUT2D eigenvalue weighted by atomic mass is 9.97. The second-order valence-corrected chi connectivity index (χ2v) is 7.93. The van der Waals surface area contributed by atoms with Crippen molar-refractivity contribution in [1.29, 1.82) is 0 Å². The number of aromatic hydroxyl groups is 1. The predicted molar refractivity (Wildman–Crippen MR) is 123 cm³/mol. The monoisotopic (exact) mass is 435 g/mol. The molecule has 1 aliphatic rings. The van der Waals surface area contributed by atoms with Gasteiger partial charge in [0.05, 0.1) is 18.2 Å². The van der Waals surface area contributed by atoms with E-state index < -0.39 is 6.04 Å². The summed E-state index contributed by atoms with van der Waals surface area (Å²) in [7, 11) is 1.61. The maximum Gasteiger partial charge on any atom is 0.259 e. The first-order chi connectivity index (χ1) is 15.6. The molecule has 1 fully saturated rings. The number of hydrogen-bond acceptors (Lipinski definition) is 7. The number of nitrogens with zero attached hydrogens (tertiary/aromatic N) is 5. The van der Waals surface area contributed by atoms with Gasteiger partial charge in [0, 0.05) is 64.1 Å². The Morgan fingerprint density at radius 3 is 2.59 bits per heavy atom. The first-order valence-corrected chi connectivity index (χ1v) is 10.8. The van der Waals surface area contributed by atoms with Crippen molar-refractivity contribution in [2.75, 3.05) is 44.8 Å². The second kappa shape index (κ2) is 9.93. The predicted octanol–water partition coefficient (Wildman–Crippen LogP) is 2.21. The minimum absolute atomic E-state index is 0.0159. The number of hydrogen-bond donors (Lipinski definition) is 1. The fourth-order valence-corrected chi connectivity index (χ4v) is 4.33. The number of rotatable bonds is 7. The lowest BCUT2D eigenvalue weighted by molar-refractivity contribution is 0.183. The van der Waals surface area contributed by atoms with Gasteiger partial charge in [-0.2, -0.15) is 0 Å². The highest BCUT2D eigenvalue weighted by atomic mass is 16.5. The molecule has 32 heavy (non-hydrogen) atoms. The average molecular weight is 436 g/mol. The summed E-state index contributed by atoms with van der Waals surface area (Å²) in [5, 5.41) is 10.9. The normalized spacial score (nSPS) is 15.6. The van der Waals surface area contributed by atoms with Crippen molar-refractivity contribution in [1.82, 2.24) is 19.4 Å². The number of methoxy groups -OCH3 is 1. The third-order valence-corrected chi connectivity index (χ3v) is 5.97. The molecule has 1 atom stereocenters. The molecule has 1 saturated heterocycles. The first kappa shape index (κ1) is 22.0. The van der Waals surface area contributed by atoms with Crippen LogP contribution in [0, 0.1) is 6.92 Å². The van der Waals surface area contributed by atoms with Crippen LogP contribution < -0.4 is 10.5 Å². The number of aryl methyl sites for hydroxylation is 1. The van der Waals surface area contributed by atoms with Crippen LogP contribution in [-0.4, -0.2) is 64.4 Å². The topological polar surface area (TPSA) is 83.7 Å². The molecule has 0 amide bonds. The Bertz CT molecular complexity index is 1080. The zero-order valence-corrected chi connectivity index (χ0v) is 18.5. The van der Waals surface area contributed by atoms with Crippen molar-refractivity contribution in [3.05, 3.63) is 82.2 Å². The van der Waals surface area contributed by atoms with Gasteiger partial charge >= 0.3 is 0 Å². The van der Waals surface area contributed by atoms with Gasteiger partial charge in [-0.1, -0.05) is 12.1 Å². The van der Waals surface area contributed by atoms with Crippen molar-refractivity contribution in [3.8, 4) is 5.75 Å². The van der Waals surface area contributed by atoms with Gasteiger partial charge in [-0.15, -0.1) is 0 Å². The first-order valence-electron chi connectivity index (χ1n) is 10.8. The lowest BCUT2D eigenvalue weighted by Crippen LogP contribution is -2.49. The molecule has 8 nitrogen and oxygen atoms in total. The van der Waals surface area contributed by atoms with E-state index in [4.69, 9.17) is 4.74 Å². The molecule has 0 unspecified atom stereocenters. The van der Waals surface area contributed by atoms with Crippen LogP contribution in [-0.2, 0) is 11.3 Å². The smallest absolute Gasteiger partial charge is 0.259 e. The summed E-state index contributed by atoms with van der Waals surface area (Å²) in [6.45, 7) is 5.68. The summed E-state index contributed by atoms with van der Waals surface area (Å²) in [4.78, 5) is 26.8. The maximum absolute atomic E-state index is 13.5. The Labute approximate surface area is 187 Å². The van der Waals surface area contributed by atoms with Gasteiger partial charge in [0.1, 0.15) is 11.6 Å². The molecule has 168 valence electrons. The van der Waals surface area contributed by atoms with Crippen LogP contribution >= 0.6 is 0 Å². The Hall–Kier alpha value is -3.23. The summed E-state index contributed by atoms with van der Waals surface area (Å²) in [5.74, 6) is 0.965. The van der Waals surface area contributed by atoms with E-state index in [9.17, 15) is 9.90 Å². The zero-order chi connectivity index (χ0) is 22.5. The molecule has 0 aromatic carbocycles. The van der Waals surface area contributed by atoms with Crippen molar-refractivity contribution < 1.29 is 9.84 Å². The molecule has 0 saturated carbocycles. The molecule has 0 spiro atoms. The van der Waals surface area contributed by atoms with Gasteiger partial charge in [0.2, 0.25) is 0 Å². The molecule has 0 bridgehead atoms. The van der Waals surface area contributed by atoms with E-state index in [-0.39, 0.29) is 11.3 Å². The largest absolute Gasteiger partial charge is 0.507 e. The van der Waals surface area contributed by atoms with Crippen LogP contribution in [0.4, 0.5) is 5.82 Å².